The van der Waals surface area contributed by atoms with Crippen molar-refractivity contribution in [3.05, 3.63) is 76.6 Å². The number of carbonyl (C=O) groups excluding carboxylic acids is 1. The van der Waals surface area contributed by atoms with E-state index in [1.807, 2.05) is 0 Å². The van der Waals surface area contributed by atoms with Crippen LogP contribution in [0.4, 0.5) is 13.2 Å². The summed E-state index contributed by atoms with van der Waals surface area (Å²) in [6.45, 7) is 3.05. The lowest BCUT2D eigenvalue weighted by Gasteiger charge is -2.16. The fourth-order valence-corrected chi connectivity index (χ4v) is 4.14. The van der Waals surface area contributed by atoms with Crippen molar-refractivity contribution >= 4 is 15.7 Å². The number of alkyl halides is 3. The number of nitrogens with one attached hydrogen (secondary N) is 1. The number of sulfone groups is 1. The highest BCUT2D eigenvalue weighted by atomic mass is 32.2. The molecule has 10 heteroatoms. The Balaban J connectivity index is 1.92. The van der Waals surface area contributed by atoms with Crippen LogP contribution in [0.2, 0.25) is 0 Å². The minimum absolute atomic E-state index is 0.127. The fraction of sp³-hybridized carbons (Fsp3) is 0.238. The molecule has 0 saturated heterocycles. The van der Waals surface area contributed by atoms with Crippen molar-refractivity contribution in [2.45, 2.75) is 31.5 Å². The summed E-state index contributed by atoms with van der Waals surface area (Å²) in [7, 11) is -3.68. The number of benzene rings is 2. The molecular formula is C21H20F3N3O3S. The monoisotopic (exact) mass is 451 g/mol. The Morgan fingerprint density at radius 2 is 1.77 bits per heavy atom. The van der Waals surface area contributed by atoms with Crippen LogP contribution in [0.3, 0.4) is 0 Å². The van der Waals surface area contributed by atoms with Gasteiger partial charge in [-0.2, -0.15) is 18.3 Å². The number of rotatable bonds is 5. The molecule has 3 rings (SSSR count). The highest BCUT2D eigenvalue weighted by Gasteiger charge is 2.34. The largest absolute Gasteiger partial charge is 0.416 e. The number of hydrogen-bond acceptors (Lipinski definition) is 4. The van der Waals surface area contributed by atoms with E-state index in [4.69, 9.17) is 0 Å². The number of aromatic nitrogens is 2. The van der Waals surface area contributed by atoms with E-state index in [-0.39, 0.29) is 21.7 Å². The van der Waals surface area contributed by atoms with Gasteiger partial charge in [0.1, 0.15) is 0 Å². The van der Waals surface area contributed by atoms with Crippen LogP contribution in [0, 0.1) is 13.8 Å². The summed E-state index contributed by atoms with van der Waals surface area (Å²) < 4.78 is 66.3. The Morgan fingerprint density at radius 1 is 1.10 bits per heavy atom. The van der Waals surface area contributed by atoms with E-state index >= 15 is 0 Å². The summed E-state index contributed by atoms with van der Waals surface area (Å²) in [4.78, 5) is 12.3. The first-order valence-corrected chi connectivity index (χ1v) is 11.1. The van der Waals surface area contributed by atoms with Crippen LogP contribution in [-0.4, -0.2) is 30.4 Å². The quantitative estimate of drug-likeness (QED) is 0.639. The van der Waals surface area contributed by atoms with Gasteiger partial charge in [-0.1, -0.05) is 18.2 Å². The molecular weight excluding hydrogens is 431 g/mol. The molecule has 164 valence electrons. The molecule has 0 bridgehead atoms. The second-order valence-corrected chi connectivity index (χ2v) is 9.11. The standard InChI is InChI=1S/C21H20F3N3O3S/c1-13-10-14(2)27(26-13)16-9-8-15(18(11-16)21(22,23)24)12-25-20(28)17-6-4-5-7-19(17)31(3,29)30/h4-11H,12H2,1-3H3,(H,25,28). The van der Waals surface area contributed by atoms with Gasteiger partial charge in [-0.05, 0) is 49.7 Å². The Kier molecular flexibility index (Phi) is 5.95. The summed E-state index contributed by atoms with van der Waals surface area (Å²) in [5.74, 6) is -0.781. The molecule has 0 atom stereocenters. The Hall–Kier alpha value is -3.14. The molecule has 0 aliphatic rings. The highest BCUT2D eigenvalue weighted by molar-refractivity contribution is 7.90. The first kappa shape index (κ1) is 22.5. The van der Waals surface area contributed by atoms with Gasteiger partial charge in [-0.3, -0.25) is 4.79 Å². The molecule has 2 aromatic carbocycles. The second kappa shape index (κ2) is 8.18. The summed E-state index contributed by atoms with van der Waals surface area (Å²) >= 11 is 0. The van der Waals surface area contributed by atoms with Crippen LogP contribution in [-0.2, 0) is 22.6 Å². The molecule has 0 aliphatic heterocycles. The van der Waals surface area contributed by atoms with Gasteiger partial charge in [0.05, 0.1) is 27.4 Å². The SMILES string of the molecule is Cc1cc(C)n(-c2ccc(CNC(=O)c3ccccc3S(C)(=O)=O)c(C(F)(F)F)c2)n1. The number of aryl methyl sites for hydroxylation is 2. The maximum absolute atomic E-state index is 13.7. The van der Waals surface area contributed by atoms with Gasteiger partial charge in [0, 0.05) is 18.5 Å². The average Bonchev–Trinajstić information content (AvgIpc) is 3.02. The van der Waals surface area contributed by atoms with E-state index in [0.717, 1.165) is 12.3 Å². The molecule has 6 nitrogen and oxygen atoms in total. The van der Waals surface area contributed by atoms with Crippen molar-refractivity contribution in [2.24, 2.45) is 0 Å². The van der Waals surface area contributed by atoms with Gasteiger partial charge in [-0.15, -0.1) is 0 Å². The molecule has 1 amide bonds. The maximum Gasteiger partial charge on any atom is 0.416 e. The Bertz CT molecular complexity index is 1250. The van der Waals surface area contributed by atoms with Crippen LogP contribution < -0.4 is 5.32 Å². The molecule has 0 unspecified atom stereocenters. The first-order chi connectivity index (χ1) is 14.4. The predicted molar refractivity (Wildman–Crippen MR) is 109 cm³/mol. The lowest BCUT2D eigenvalue weighted by molar-refractivity contribution is -0.138. The topological polar surface area (TPSA) is 81.1 Å². The van der Waals surface area contributed by atoms with Crippen molar-refractivity contribution in [3.63, 3.8) is 0 Å². The molecule has 0 fully saturated rings. The smallest absolute Gasteiger partial charge is 0.348 e. The first-order valence-electron chi connectivity index (χ1n) is 9.19. The van der Waals surface area contributed by atoms with Gasteiger partial charge in [0.25, 0.3) is 5.91 Å². The lowest BCUT2D eigenvalue weighted by atomic mass is 10.1. The van der Waals surface area contributed by atoms with Crippen LogP contribution in [0.5, 0.6) is 0 Å². The van der Waals surface area contributed by atoms with E-state index in [0.29, 0.717) is 11.4 Å². The molecule has 3 aromatic rings. The summed E-state index contributed by atoms with van der Waals surface area (Å²) in [5.41, 5.74) is 0.418. The third-order valence-corrected chi connectivity index (χ3v) is 5.78. The van der Waals surface area contributed by atoms with Gasteiger partial charge in [0.15, 0.2) is 9.84 Å². The molecule has 31 heavy (non-hydrogen) atoms. The van der Waals surface area contributed by atoms with E-state index in [1.54, 1.807) is 19.9 Å². The van der Waals surface area contributed by atoms with Gasteiger partial charge in [-0.25, -0.2) is 13.1 Å². The normalized spacial score (nSPS) is 12.1. The minimum atomic E-state index is -4.66. The van der Waals surface area contributed by atoms with E-state index in [1.165, 1.54) is 41.1 Å². The van der Waals surface area contributed by atoms with E-state index in [9.17, 15) is 26.4 Å². The van der Waals surface area contributed by atoms with Crippen LogP contribution in [0.15, 0.2) is 53.4 Å². The van der Waals surface area contributed by atoms with Crippen molar-refractivity contribution < 1.29 is 26.4 Å². The number of carbonyl (C=O) groups is 1. The number of nitrogens with zero attached hydrogens (tertiary/aromatic N) is 2. The number of hydrogen-bond donors (Lipinski definition) is 1. The van der Waals surface area contributed by atoms with Gasteiger partial charge >= 0.3 is 6.18 Å². The minimum Gasteiger partial charge on any atom is -0.348 e. The zero-order valence-electron chi connectivity index (χ0n) is 17.0. The molecule has 1 aromatic heterocycles. The van der Waals surface area contributed by atoms with Gasteiger partial charge in [0.2, 0.25) is 0 Å². The number of halogens is 3. The molecule has 1 N–H and O–H groups in total. The maximum atomic E-state index is 13.7. The van der Waals surface area contributed by atoms with Crippen molar-refractivity contribution in [1.82, 2.24) is 15.1 Å². The summed E-state index contributed by atoms with van der Waals surface area (Å²) in [5, 5.41) is 6.59. The summed E-state index contributed by atoms with van der Waals surface area (Å²) in [6, 6.07) is 11.0. The Labute approximate surface area is 177 Å². The third kappa shape index (κ3) is 4.96. The predicted octanol–water partition coefficient (Wildman–Crippen LogP) is 3.84. The second-order valence-electron chi connectivity index (χ2n) is 7.13. The van der Waals surface area contributed by atoms with Gasteiger partial charge < -0.3 is 5.32 Å². The molecule has 0 spiro atoms. The summed E-state index contributed by atoms with van der Waals surface area (Å²) in [6.07, 6.45) is -3.70. The molecule has 0 saturated carbocycles. The number of amides is 1. The van der Waals surface area contributed by atoms with E-state index < -0.39 is 34.0 Å². The van der Waals surface area contributed by atoms with Crippen molar-refractivity contribution in [3.8, 4) is 5.69 Å². The zero-order valence-corrected chi connectivity index (χ0v) is 17.8. The third-order valence-electron chi connectivity index (χ3n) is 4.62. The molecule has 0 aliphatic carbocycles. The van der Waals surface area contributed by atoms with Crippen molar-refractivity contribution in [2.75, 3.05) is 6.26 Å². The Morgan fingerprint density at radius 3 is 2.35 bits per heavy atom. The lowest BCUT2D eigenvalue weighted by Crippen LogP contribution is -2.26. The van der Waals surface area contributed by atoms with Crippen molar-refractivity contribution in [1.29, 1.82) is 0 Å². The van der Waals surface area contributed by atoms with E-state index in [2.05, 4.69) is 10.4 Å². The fourth-order valence-electron chi connectivity index (χ4n) is 3.25. The zero-order chi connectivity index (χ0) is 23.0. The average molecular weight is 451 g/mol. The van der Waals surface area contributed by atoms with Crippen LogP contribution >= 0.6 is 0 Å². The highest BCUT2D eigenvalue weighted by Crippen LogP contribution is 2.33. The van der Waals surface area contributed by atoms with Crippen LogP contribution in [0.25, 0.3) is 5.69 Å². The molecule has 1 heterocycles. The molecule has 0 radical (unpaired) electrons. The van der Waals surface area contributed by atoms with Crippen LogP contribution in [0.1, 0.15) is 32.9 Å².